The van der Waals surface area contributed by atoms with Gasteiger partial charge in [0.15, 0.2) is 0 Å². The van der Waals surface area contributed by atoms with Gasteiger partial charge in [0.2, 0.25) is 0 Å². The maximum atomic E-state index is 9.57. The summed E-state index contributed by atoms with van der Waals surface area (Å²) in [7, 11) is 0. The number of anilines is 1. The summed E-state index contributed by atoms with van der Waals surface area (Å²) in [6, 6.07) is 13.5. The highest BCUT2D eigenvalue weighted by Gasteiger charge is 2.13. The molecule has 2 aromatic carbocycles. The van der Waals surface area contributed by atoms with E-state index in [4.69, 9.17) is 11.6 Å². The van der Waals surface area contributed by atoms with E-state index in [1.807, 2.05) is 49.4 Å². The second-order valence-corrected chi connectivity index (χ2v) is 5.70. The van der Waals surface area contributed by atoms with Gasteiger partial charge in [0.05, 0.1) is 12.6 Å². The number of aliphatic hydroxyl groups is 1. The quantitative estimate of drug-likeness (QED) is 0.855. The summed E-state index contributed by atoms with van der Waals surface area (Å²) in [6.07, 6.45) is 0. The van der Waals surface area contributed by atoms with Crippen molar-refractivity contribution in [1.29, 1.82) is 0 Å². The van der Waals surface area contributed by atoms with Crippen LogP contribution in [0.4, 0.5) is 5.69 Å². The van der Waals surface area contributed by atoms with Gasteiger partial charge in [-0.05, 0) is 36.8 Å². The van der Waals surface area contributed by atoms with Gasteiger partial charge in [-0.15, -0.1) is 0 Å². The molecule has 1 unspecified atom stereocenters. The molecule has 1 atom stereocenters. The lowest BCUT2D eigenvalue weighted by Crippen LogP contribution is -2.15. The minimum absolute atomic E-state index is 0.00804. The molecular weight excluding hydrogens is 326 g/mol. The summed E-state index contributed by atoms with van der Waals surface area (Å²) < 4.78 is 0.888. The molecule has 0 spiro atoms. The normalized spacial score (nSPS) is 12.2. The molecule has 0 aliphatic carbocycles. The molecule has 0 aromatic heterocycles. The zero-order chi connectivity index (χ0) is 13.8. The molecule has 19 heavy (non-hydrogen) atoms. The summed E-state index contributed by atoms with van der Waals surface area (Å²) in [5.74, 6) is 0. The fourth-order valence-corrected chi connectivity index (χ4v) is 2.82. The summed E-state index contributed by atoms with van der Waals surface area (Å²) in [6.45, 7) is 2.05. The molecule has 4 heteroatoms. The van der Waals surface area contributed by atoms with E-state index in [9.17, 15) is 5.11 Å². The van der Waals surface area contributed by atoms with E-state index in [2.05, 4.69) is 21.2 Å². The molecule has 0 aliphatic rings. The third kappa shape index (κ3) is 3.72. The third-order valence-electron chi connectivity index (χ3n) is 2.91. The minimum Gasteiger partial charge on any atom is -0.394 e. The Bertz CT molecular complexity index is 557. The molecule has 2 aromatic rings. The number of rotatable bonds is 4. The standard InChI is InChI=1S/C15H15BrClNO/c1-10-2-5-12(6-3-10)18-15(9-19)13-7-4-11(17)8-14(13)16/h2-8,15,18-19H,9H2,1H3. The monoisotopic (exact) mass is 339 g/mol. The molecule has 2 N–H and O–H groups in total. The van der Waals surface area contributed by atoms with Gasteiger partial charge in [-0.1, -0.05) is 51.3 Å². The average Bonchev–Trinajstić information content (AvgIpc) is 2.39. The van der Waals surface area contributed by atoms with Crippen molar-refractivity contribution in [3.63, 3.8) is 0 Å². The minimum atomic E-state index is -0.172. The van der Waals surface area contributed by atoms with E-state index < -0.39 is 0 Å². The first kappa shape index (κ1) is 14.4. The van der Waals surface area contributed by atoms with E-state index in [0.29, 0.717) is 5.02 Å². The van der Waals surface area contributed by atoms with E-state index in [-0.39, 0.29) is 12.6 Å². The van der Waals surface area contributed by atoms with Gasteiger partial charge in [-0.2, -0.15) is 0 Å². The van der Waals surface area contributed by atoms with Gasteiger partial charge in [-0.25, -0.2) is 0 Å². The highest BCUT2D eigenvalue weighted by Crippen LogP contribution is 2.28. The Morgan fingerprint density at radius 3 is 2.47 bits per heavy atom. The summed E-state index contributed by atoms with van der Waals surface area (Å²) in [4.78, 5) is 0. The number of nitrogens with one attached hydrogen (secondary N) is 1. The highest BCUT2D eigenvalue weighted by molar-refractivity contribution is 9.10. The molecular formula is C15H15BrClNO. The van der Waals surface area contributed by atoms with Crippen molar-refractivity contribution in [2.24, 2.45) is 0 Å². The van der Waals surface area contributed by atoms with Crippen LogP contribution in [-0.4, -0.2) is 11.7 Å². The Balaban J connectivity index is 2.22. The van der Waals surface area contributed by atoms with Gasteiger partial charge in [0.1, 0.15) is 0 Å². The maximum absolute atomic E-state index is 9.57. The Morgan fingerprint density at radius 2 is 1.89 bits per heavy atom. The lowest BCUT2D eigenvalue weighted by atomic mass is 10.1. The molecule has 0 radical (unpaired) electrons. The lowest BCUT2D eigenvalue weighted by molar-refractivity contribution is 0.276. The fourth-order valence-electron chi connectivity index (χ4n) is 1.86. The number of aryl methyl sites for hydroxylation is 1. The first-order valence-corrected chi connectivity index (χ1v) is 7.16. The fraction of sp³-hybridized carbons (Fsp3) is 0.200. The second-order valence-electron chi connectivity index (χ2n) is 4.41. The van der Waals surface area contributed by atoms with Crippen LogP contribution in [-0.2, 0) is 0 Å². The average molecular weight is 341 g/mol. The molecule has 2 nitrogen and oxygen atoms in total. The van der Waals surface area contributed by atoms with Crippen LogP contribution >= 0.6 is 27.5 Å². The van der Waals surface area contributed by atoms with Crippen molar-refractivity contribution in [2.75, 3.05) is 11.9 Å². The Kier molecular flexibility index (Phi) is 4.86. The van der Waals surface area contributed by atoms with E-state index >= 15 is 0 Å². The molecule has 2 rings (SSSR count). The van der Waals surface area contributed by atoms with Gasteiger partial charge < -0.3 is 10.4 Å². The van der Waals surface area contributed by atoms with E-state index in [1.54, 1.807) is 0 Å². The zero-order valence-electron chi connectivity index (χ0n) is 10.5. The Hall–Kier alpha value is -1.03. The first-order chi connectivity index (χ1) is 9.10. The molecule has 0 fully saturated rings. The van der Waals surface area contributed by atoms with Crippen LogP contribution < -0.4 is 5.32 Å². The number of benzene rings is 2. The van der Waals surface area contributed by atoms with Crippen LogP contribution in [0.2, 0.25) is 5.02 Å². The molecule has 0 heterocycles. The Labute approximate surface area is 126 Å². The summed E-state index contributed by atoms with van der Waals surface area (Å²) >= 11 is 9.41. The van der Waals surface area contributed by atoms with Crippen LogP contribution in [0.3, 0.4) is 0 Å². The molecule has 0 amide bonds. The first-order valence-electron chi connectivity index (χ1n) is 5.99. The molecule has 0 aliphatic heterocycles. The van der Waals surface area contributed by atoms with Crippen molar-refractivity contribution < 1.29 is 5.11 Å². The molecule has 0 bridgehead atoms. The van der Waals surface area contributed by atoms with Gasteiger partial charge in [0, 0.05) is 15.2 Å². The van der Waals surface area contributed by atoms with E-state index in [1.165, 1.54) is 5.56 Å². The van der Waals surface area contributed by atoms with Crippen molar-refractivity contribution >= 4 is 33.2 Å². The third-order valence-corrected chi connectivity index (χ3v) is 3.83. The molecule has 100 valence electrons. The van der Waals surface area contributed by atoms with Crippen molar-refractivity contribution in [1.82, 2.24) is 0 Å². The lowest BCUT2D eigenvalue weighted by Gasteiger charge is -2.19. The van der Waals surface area contributed by atoms with Crippen molar-refractivity contribution in [3.05, 3.63) is 63.1 Å². The molecule has 0 saturated heterocycles. The van der Waals surface area contributed by atoms with Crippen LogP contribution in [0.25, 0.3) is 0 Å². The number of halogens is 2. The SMILES string of the molecule is Cc1ccc(NC(CO)c2ccc(Cl)cc2Br)cc1. The van der Waals surface area contributed by atoms with E-state index in [0.717, 1.165) is 15.7 Å². The van der Waals surface area contributed by atoms with Gasteiger partial charge in [0.25, 0.3) is 0 Å². The Morgan fingerprint density at radius 1 is 1.21 bits per heavy atom. The topological polar surface area (TPSA) is 32.3 Å². The number of aliphatic hydroxyl groups excluding tert-OH is 1. The van der Waals surface area contributed by atoms with Crippen molar-refractivity contribution in [2.45, 2.75) is 13.0 Å². The summed E-state index contributed by atoms with van der Waals surface area (Å²) in [5, 5.41) is 13.6. The predicted octanol–water partition coefficient (Wildman–Crippen LogP) is 4.56. The van der Waals surface area contributed by atoms with Crippen LogP contribution in [0, 0.1) is 6.92 Å². The molecule has 0 saturated carbocycles. The summed E-state index contributed by atoms with van der Waals surface area (Å²) in [5.41, 5.74) is 3.16. The van der Waals surface area contributed by atoms with Crippen LogP contribution in [0.5, 0.6) is 0 Å². The number of hydrogen-bond donors (Lipinski definition) is 2. The maximum Gasteiger partial charge on any atom is 0.0755 e. The highest BCUT2D eigenvalue weighted by atomic mass is 79.9. The number of hydrogen-bond acceptors (Lipinski definition) is 2. The van der Waals surface area contributed by atoms with Crippen molar-refractivity contribution in [3.8, 4) is 0 Å². The smallest absolute Gasteiger partial charge is 0.0755 e. The largest absolute Gasteiger partial charge is 0.394 e. The van der Waals surface area contributed by atoms with Crippen LogP contribution in [0.15, 0.2) is 46.9 Å². The van der Waals surface area contributed by atoms with Gasteiger partial charge in [-0.3, -0.25) is 0 Å². The second kappa shape index (κ2) is 6.42. The zero-order valence-corrected chi connectivity index (χ0v) is 12.9. The van der Waals surface area contributed by atoms with Gasteiger partial charge >= 0.3 is 0 Å². The predicted molar refractivity (Wildman–Crippen MR) is 83.8 cm³/mol. The van der Waals surface area contributed by atoms with Crippen LogP contribution in [0.1, 0.15) is 17.2 Å².